The average Bonchev–Trinajstić information content (AvgIpc) is 2.64. The van der Waals surface area contributed by atoms with Crippen molar-refractivity contribution in [3.8, 4) is 11.5 Å². The molecule has 0 unspecified atom stereocenters. The van der Waals surface area contributed by atoms with Gasteiger partial charge in [-0.15, -0.1) is 11.6 Å². The lowest BCUT2D eigenvalue weighted by Gasteiger charge is -1.97. The van der Waals surface area contributed by atoms with E-state index in [1.54, 1.807) is 18.2 Å². The standard InChI is InChI=1S/C10H6Cl3NO/c11-4-9-5-15-10(14-9)6-1-7(12)3-8(13)2-6/h1-3,5H,4H2. The van der Waals surface area contributed by atoms with E-state index in [1.807, 2.05) is 0 Å². The molecule has 0 aliphatic heterocycles. The highest BCUT2D eigenvalue weighted by Gasteiger charge is 2.07. The maximum absolute atomic E-state index is 5.86. The molecule has 0 bridgehead atoms. The predicted octanol–water partition coefficient (Wildman–Crippen LogP) is 4.39. The molecule has 0 atom stereocenters. The van der Waals surface area contributed by atoms with Crippen LogP contribution in [-0.2, 0) is 5.88 Å². The SMILES string of the molecule is ClCc1coc(-c2cc(Cl)cc(Cl)c2)n1. The molecule has 0 amide bonds. The molecule has 0 radical (unpaired) electrons. The van der Waals surface area contributed by atoms with Gasteiger partial charge in [0, 0.05) is 15.6 Å². The largest absolute Gasteiger partial charge is 0.444 e. The fourth-order valence-corrected chi connectivity index (χ4v) is 1.83. The van der Waals surface area contributed by atoms with Crippen LogP contribution in [0.2, 0.25) is 10.0 Å². The zero-order valence-electron chi connectivity index (χ0n) is 7.51. The summed E-state index contributed by atoms with van der Waals surface area (Å²) in [7, 11) is 0. The summed E-state index contributed by atoms with van der Waals surface area (Å²) < 4.78 is 5.24. The second-order valence-corrected chi connectivity index (χ2v) is 4.08. The summed E-state index contributed by atoms with van der Waals surface area (Å²) in [5.41, 5.74) is 1.42. The fraction of sp³-hybridized carbons (Fsp3) is 0.100. The van der Waals surface area contributed by atoms with Crippen LogP contribution in [0.4, 0.5) is 0 Å². The van der Waals surface area contributed by atoms with Crippen molar-refractivity contribution >= 4 is 34.8 Å². The normalized spacial score (nSPS) is 10.6. The van der Waals surface area contributed by atoms with Crippen LogP contribution in [0.1, 0.15) is 5.69 Å². The Hall–Kier alpha value is -0.700. The Balaban J connectivity index is 2.44. The summed E-state index contributed by atoms with van der Waals surface area (Å²) >= 11 is 17.3. The zero-order chi connectivity index (χ0) is 10.8. The molecule has 0 saturated carbocycles. The Morgan fingerprint density at radius 2 is 1.80 bits per heavy atom. The molecule has 2 rings (SSSR count). The molecule has 78 valence electrons. The van der Waals surface area contributed by atoms with Crippen LogP contribution in [0.3, 0.4) is 0 Å². The van der Waals surface area contributed by atoms with Crippen molar-refractivity contribution in [2.45, 2.75) is 5.88 Å². The summed E-state index contributed by atoms with van der Waals surface area (Å²) in [5.74, 6) is 0.785. The van der Waals surface area contributed by atoms with Crippen molar-refractivity contribution in [2.24, 2.45) is 0 Å². The first-order valence-corrected chi connectivity index (χ1v) is 5.45. The van der Waals surface area contributed by atoms with Crippen molar-refractivity contribution in [3.05, 3.63) is 40.2 Å². The number of benzene rings is 1. The van der Waals surface area contributed by atoms with Crippen LogP contribution in [0.25, 0.3) is 11.5 Å². The van der Waals surface area contributed by atoms with Crippen molar-refractivity contribution in [1.82, 2.24) is 4.98 Å². The molecule has 0 aliphatic carbocycles. The van der Waals surface area contributed by atoms with Crippen LogP contribution in [0.5, 0.6) is 0 Å². The lowest BCUT2D eigenvalue weighted by molar-refractivity contribution is 0.573. The van der Waals surface area contributed by atoms with Crippen molar-refractivity contribution in [2.75, 3.05) is 0 Å². The van der Waals surface area contributed by atoms with Gasteiger partial charge in [0.05, 0.1) is 11.6 Å². The number of hydrogen-bond donors (Lipinski definition) is 0. The van der Waals surface area contributed by atoms with Gasteiger partial charge in [-0.2, -0.15) is 0 Å². The molecule has 0 spiro atoms. The molecule has 0 N–H and O–H groups in total. The zero-order valence-corrected chi connectivity index (χ0v) is 9.77. The van der Waals surface area contributed by atoms with E-state index >= 15 is 0 Å². The molecule has 2 aromatic rings. The Morgan fingerprint density at radius 1 is 1.13 bits per heavy atom. The Morgan fingerprint density at radius 3 is 2.33 bits per heavy atom. The van der Waals surface area contributed by atoms with Crippen LogP contribution in [0, 0.1) is 0 Å². The first-order chi connectivity index (χ1) is 7.19. The molecule has 1 heterocycles. The second kappa shape index (κ2) is 4.44. The summed E-state index contributed by atoms with van der Waals surface area (Å²) in [6.45, 7) is 0. The Kier molecular flexibility index (Phi) is 3.19. The van der Waals surface area contributed by atoms with E-state index in [-0.39, 0.29) is 0 Å². The van der Waals surface area contributed by atoms with Crippen LogP contribution in [0.15, 0.2) is 28.9 Å². The summed E-state index contributed by atoms with van der Waals surface area (Å²) in [6, 6.07) is 5.12. The van der Waals surface area contributed by atoms with Crippen molar-refractivity contribution in [1.29, 1.82) is 0 Å². The molecule has 2 nitrogen and oxygen atoms in total. The van der Waals surface area contributed by atoms with Gasteiger partial charge in [0.25, 0.3) is 0 Å². The van der Waals surface area contributed by atoms with E-state index in [2.05, 4.69) is 4.98 Å². The van der Waals surface area contributed by atoms with Crippen molar-refractivity contribution in [3.63, 3.8) is 0 Å². The molecular weight excluding hydrogens is 256 g/mol. The van der Waals surface area contributed by atoms with Crippen LogP contribution >= 0.6 is 34.8 Å². The van der Waals surface area contributed by atoms with Gasteiger partial charge in [-0.05, 0) is 18.2 Å². The molecular formula is C10H6Cl3NO. The predicted molar refractivity (Wildman–Crippen MR) is 61.5 cm³/mol. The lowest BCUT2D eigenvalue weighted by atomic mass is 10.2. The highest BCUT2D eigenvalue weighted by molar-refractivity contribution is 6.35. The van der Waals surface area contributed by atoms with Gasteiger partial charge in [-0.25, -0.2) is 4.98 Å². The monoisotopic (exact) mass is 261 g/mol. The minimum absolute atomic E-state index is 0.317. The number of aromatic nitrogens is 1. The third-order valence-corrected chi connectivity index (χ3v) is 2.51. The molecule has 5 heteroatoms. The minimum atomic E-state index is 0.317. The first kappa shape index (κ1) is 10.8. The van der Waals surface area contributed by atoms with E-state index in [0.717, 1.165) is 5.56 Å². The van der Waals surface area contributed by atoms with Gasteiger partial charge in [0.2, 0.25) is 5.89 Å². The number of oxazole rings is 1. The van der Waals surface area contributed by atoms with E-state index in [4.69, 9.17) is 39.2 Å². The summed E-state index contributed by atoms with van der Waals surface area (Å²) in [5, 5.41) is 1.09. The Bertz CT molecular complexity index is 461. The second-order valence-electron chi connectivity index (χ2n) is 2.94. The average molecular weight is 263 g/mol. The molecule has 0 aliphatic rings. The van der Waals surface area contributed by atoms with E-state index in [0.29, 0.717) is 27.5 Å². The highest BCUT2D eigenvalue weighted by atomic mass is 35.5. The van der Waals surface area contributed by atoms with Gasteiger partial charge < -0.3 is 4.42 Å². The van der Waals surface area contributed by atoms with E-state index < -0.39 is 0 Å². The lowest BCUT2D eigenvalue weighted by Crippen LogP contribution is -1.80. The van der Waals surface area contributed by atoms with Gasteiger partial charge in [-0.3, -0.25) is 0 Å². The summed E-state index contributed by atoms with van der Waals surface area (Å²) in [6.07, 6.45) is 1.51. The van der Waals surface area contributed by atoms with E-state index in [1.165, 1.54) is 6.26 Å². The summed E-state index contributed by atoms with van der Waals surface area (Å²) in [4.78, 5) is 4.17. The minimum Gasteiger partial charge on any atom is -0.444 e. The molecule has 1 aromatic heterocycles. The maximum atomic E-state index is 5.86. The third-order valence-electron chi connectivity index (χ3n) is 1.80. The number of alkyl halides is 1. The van der Waals surface area contributed by atoms with Crippen LogP contribution in [-0.4, -0.2) is 4.98 Å². The molecule has 1 aromatic carbocycles. The highest BCUT2D eigenvalue weighted by Crippen LogP contribution is 2.26. The number of nitrogens with zero attached hydrogens (tertiary/aromatic N) is 1. The third kappa shape index (κ3) is 2.46. The topological polar surface area (TPSA) is 26.0 Å². The fourth-order valence-electron chi connectivity index (χ4n) is 1.18. The number of halogens is 3. The molecule has 0 fully saturated rings. The van der Waals surface area contributed by atoms with Gasteiger partial charge in [-0.1, -0.05) is 23.2 Å². The quantitative estimate of drug-likeness (QED) is 0.750. The van der Waals surface area contributed by atoms with Crippen LogP contribution < -0.4 is 0 Å². The molecule has 15 heavy (non-hydrogen) atoms. The van der Waals surface area contributed by atoms with Gasteiger partial charge in [0.15, 0.2) is 0 Å². The van der Waals surface area contributed by atoms with E-state index in [9.17, 15) is 0 Å². The maximum Gasteiger partial charge on any atom is 0.226 e. The number of rotatable bonds is 2. The Labute approximate surface area is 102 Å². The molecule has 0 saturated heterocycles. The first-order valence-electron chi connectivity index (χ1n) is 4.16. The number of hydrogen-bond acceptors (Lipinski definition) is 2. The van der Waals surface area contributed by atoms with Crippen molar-refractivity contribution < 1.29 is 4.42 Å². The smallest absolute Gasteiger partial charge is 0.226 e. The van der Waals surface area contributed by atoms with Gasteiger partial charge in [0.1, 0.15) is 6.26 Å². The van der Waals surface area contributed by atoms with Gasteiger partial charge >= 0.3 is 0 Å².